The Morgan fingerprint density at radius 1 is 1.26 bits per heavy atom. The quantitative estimate of drug-likeness (QED) is 0.764. The van der Waals surface area contributed by atoms with Gasteiger partial charge >= 0.3 is 21.3 Å². The first kappa shape index (κ1) is 16.9. The van der Waals surface area contributed by atoms with Crippen molar-refractivity contribution in [2.75, 3.05) is 13.1 Å². The topological polar surface area (TPSA) is 94.4 Å². The van der Waals surface area contributed by atoms with Crippen molar-refractivity contribution in [3.05, 3.63) is 36.4 Å². The smallest absolute Gasteiger partial charge is 0.377 e. The normalized spacial score (nSPS) is 11.3. The molecule has 0 saturated carbocycles. The Hall–Kier alpha value is -2.49. The van der Waals surface area contributed by atoms with Crippen LogP contribution in [-0.2, 0) is 10.1 Å². The van der Waals surface area contributed by atoms with Crippen molar-refractivity contribution >= 4 is 16.1 Å². The summed E-state index contributed by atoms with van der Waals surface area (Å²) in [4.78, 5) is 17.1. The van der Waals surface area contributed by atoms with E-state index in [1.54, 1.807) is 13.8 Å². The van der Waals surface area contributed by atoms with E-state index < -0.39 is 27.1 Å². The number of amides is 1. The van der Waals surface area contributed by atoms with Crippen LogP contribution in [0.15, 0.2) is 35.7 Å². The number of hydrogen-bond donors (Lipinski definition) is 0. The van der Waals surface area contributed by atoms with E-state index in [1.807, 2.05) is 0 Å². The Labute approximate surface area is 132 Å². The van der Waals surface area contributed by atoms with Crippen molar-refractivity contribution in [3.8, 4) is 5.75 Å². The molecule has 0 N–H and O–H groups in total. The molecule has 0 aliphatic heterocycles. The standard InChI is InChI=1S/C13H15FN4O4S/c1-3-17(4-2)13(19)18-9-15-12(16-18)23(20,21)22-11-7-5-10(14)6-8-11/h5-9H,3-4H2,1-2H3. The van der Waals surface area contributed by atoms with Crippen LogP contribution >= 0.6 is 0 Å². The number of nitrogens with zero attached hydrogens (tertiary/aromatic N) is 4. The summed E-state index contributed by atoms with van der Waals surface area (Å²) < 4.78 is 42.5. The Morgan fingerprint density at radius 2 is 1.87 bits per heavy atom. The van der Waals surface area contributed by atoms with Crippen molar-refractivity contribution in [1.82, 2.24) is 19.7 Å². The van der Waals surface area contributed by atoms with E-state index in [2.05, 4.69) is 10.1 Å². The summed E-state index contributed by atoms with van der Waals surface area (Å²) in [5.74, 6) is -0.611. The van der Waals surface area contributed by atoms with E-state index >= 15 is 0 Å². The van der Waals surface area contributed by atoms with E-state index in [4.69, 9.17) is 4.18 Å². The Bertz CT molecular complexity index is 785. The third-order valence-corrected chi connectivity index (χ3v) is 3.99. The number of aromatic nitrogens is 3. The SMILES string of the molecule is CCN(CC)C(=O)n1cnc(S(=O)(=O)Oc2ccc(F)cc2)n1. The predicted molar refractivity (Wildman–Crippen MR) is 78.0 cm³/mol. The molecule has 0 unspecified atom stereocenters. The fourth-order valence-corrected chi connectivity index (χ4v) is 2.55. The molecule has 0 atom stereocenters. The molecule has 0 aliphatic rings. The van der Waals surface area contributed by atoms with Gasteiger partial charge in [-0.25, -0.2) is 14.2 Å². The van der Waals surface area contributed by atoms with Crippen molar-refractivity contribution in [3.63, 3.8) is 0 Å². The summed E-state index contributed by atoms with van der Waals surface area (Å²) in [5.41, 5.74) is 0. The summed E-state index contributed by atoms with van der Waals surface area (Å²) in [6.07, 6.45) is 1.00. The first-order valence-electron chi connectivity index (χ1n) is 6.78. The fraction of sp³-hybridized carbons (Fsp3) is 0.308. The van der Waals surface area contributed by atoms with Crippen LogP contribution in [0.5, 0.6) is 5.75 Å². The number of benzene rings is 1. The zero-order valence-corrected chi connectivity index (χ0v) is 13.3. The molecule has 0 radical (unpaired) electrons. The zero-order chi connectivity index (χ0) is 17.0. The van der Waals surface area contributed by atoms with Crippen molar-refractivity contribution in [1.29, 1.82) is 0 Å². The maximum Gasteiger partial charge on any atom is 0.377 e. The van der Waals surface area contributed by atoms with Crippen molar-refractivity contribution in [2.24, 2.45) is 0 Å². The monoisotopic (exact) mass is 342 g/mol. The molecule has 0 bridgehead atoms. The Balaban J connectivity index is 2.21. The lowest BCUT2D eigenvalue weighted by Crippen LogP contribution is -2.34. The second-order valence-electron chi connectivity index (χ2n) is 4.42. The third kappa shape index (κ3) is 3.83. The van der Waals surface area contributed by atoms with Gasteiger partial charge in [-0.15, -0.1) is 5.10 Å². The lowest BCUT2D eigenvalue weighted by Gasteiger charge is -2.17. The molecule has 2 rings (SSSR count). The molecule has 0 fully saturated rings. The van der Waals surface area contributed by atoms with Gasteiger partial charge in [0.05, 0.1) is 0 Å². The first-order chi connectivity index (χ1) is 10.9. The molecule has 1 heterocycles. The van der Waals surface area contributed by atoms with Crippen LogP contribution in [0.4, 0.5) is 9.18 Å². The maximum atomic E-state index is 12.8. The van der Waals surface area contributed by atoms with Gasteiger partial charge in [0.25, 0.3) is 0 Å². The highest BCUT2D eigenvalue weighted by atomic mass is 32.2. The summed E-state index contributed by atoms with van der Waals surface area (Å²) >= 11 is 0. The number of carbonyl (C=O) groups is 1. The average molecular weight is 342 g/mol. The molecule has 0 aliphatic carbocycles. The van der Waals surface area contributed by atoms with Gasteiger partial charge in [0.1, 0.15) is 17.9 Å². The van der Waals surface area contributed by atoms with Crippen molar-refractivity contribution in [2.45, 2.75) is 19.0 Å². The number of rotatable bonds is 5. The molecule has 2 aromatic rings. The molecule has 10 heteroatoms. The van der Waals surface area contributed by atoms with Crippen LogP contribution in [0.1, 0.15) is 13.8 Å². The van der Waals surface area contributed by atoms with Crippen LogP contribution in [-0.4, -0.2) is 47.2 Å². The van der Waals surface area contributed by atoms with Gasteiger partial charge in [-0.3, -0.25) is 0 Å². The maximum absolute atomic E-state index is 12.8. The zero-order valence-electron chi connectivity index (χ0n) is 12.5. The third-order valence-electron chi connectivity index (χ3n) is 2.94. The van der Waals surface area contributed by atoms with E-state index in [0.717, 1.165) is 35.3 Å². The first-order valence-corrected chi connectivity index (χ1v) is 8.19. The molecule has 23 heavy (non-hydrogen) atoms. The van der Waals surface area contributed by atoms with Crippen LogP contribution < -0.4 is 4.18 Å². The van der Waals surface area contributed by atoms with Gasteiger partial charge in [0, 0.05) is 13.1 Å². The summed E-state index contributed by atoms with van der Waals surface area (Å²) in [6.45, 7) is 4.47. The summed E-state index contributed by atoms with van der Waals surface area (Å²) in [5, 5.41) is 2.99. The highest BCUT2D eigenvalue weighted by molar-refractivity contribution is 7.86. The minimum Gasteiger partial charge on any atom is -0.377 e. The molecule has 1 aromatic carbocycles. The number of halogens is 1. The van der Waals surface area contributed by atoms with Crippen LogP contribution in [0.2, 0.25) is 0 Å². The van der Waals surface area contributed by atoms with E-state index in [1.165, 1.54) is 4.90 Å². The van der Waals surface area contributed by atoms with Gasteiger partial charge in [0.2, 0.25) is 0 Å². The predicted octanol–water partition coefficient (Wildman–Crippen LogP) is 1.49. The summed E-state index contributed by atoms with van der Waals surface area (Å²) in [7, 11) is -4.31. The Kier molecular flexibility index (Phi) is 4.94. The van der Waals surface area contributed by atoms with Gasteiger partial charge in [0.15, 0.2) is 0 Å². The molecule has 1 aromatic heterocycles. The second-order valence-corrected chi connectivity index (χ2v) is 5.86. The molecule has 1 amide bonds. The van der Waals surface area contributed by atoms with Gasteiger partial charge in [-0.05, 0) is 38.1 Å². The number of carbonyl (C=O) groups excluding carboxylic acids is 1. The molecular formula is C13H15FN4O4S. The molecule has 124 valence electrons. The average Bonchev–Trinajstić information content (AvgIpc) is 3.01. The molecule has 8 nitrogen and oxygen atoms in total. The fourth-order valence-electron chi connectivity index (χ4n) is 1.75. The lowest BCUT2D eigenvalue weighted by molar-refractivity contribution is 0.201. The molecule has 0 spiro atoms. The highest BCUT2D eigenvalue weighted by Crippen LogP contribution is 2.16. The minimum absolute atomic E-state index is 0.0854. The van der Waals surface area contributed by atoms with Crippen LogP contribution in [0.3, 0.4) is 0 Å². The van der Waals surface area contributed by atoms with Crippen LogP contribution in [0.25, 0.3) is 0 Å². The van der Waals surface area contributed by atoms with Gasteiger partial charge < -0.3 is 9.08 Å². The molecule has 0 saturated heterocycles. The lowest BCUT2D eigenvalue weighted by atomic mass is 10.3. The Morgan fingerprint density at radius 3 is 2.43 bits per heavy atom. The minimum atomic E-state index is -4.31. The van der Waals surface area contributed by atoms with E-state index in [9.17, 15) is 17.6 Å². The van der Waals surface area contributed by atoms with Crippen LogP contribution in [0, 0.1) is 5.82 Å². The van der Waals surface area contributed by atoms with Gasteiger partial charge in [-0.2, -0.15) is 13.1 Å². The largest absolute Gasteiger partial charge is 0.377 e. The summed E-state index contributed by atoms with van der Waals surface area (Å²) in [6, 6.07) is 3.93. The molecular weight excluding hydrogens is 327 g/mol. The number of hydrogen-bond acceptors (Lipinski definition) is 6. The van der Waals surface area contributed by atoms with Crippen molar-refractivity contribution < 1.29 is 21.8 Å². The van der Waals surface area contributed by atoms with E-state index in [-0.39, 0.29) is 5.75 Å². The second kappa shape index (κ2) is 6.73. The van der Waals surface area contributed by atoms with E-state index in [0.29, 0.717) is 13.1 Å². The van der Waals surface area contributed by atoms with Gasteiger partial charge in [-0.1, -0.05) is 0 Å². The highest BCUT2D eigenvalue weighted by Gasteiger charge is 2.24.